The van der Waals surface area contributed by atoms with E-state index in [9.17, 15) is 0 Å². The second kappa shape index (κ2) is 11.9. The zero-order valence-corrected chi connectivity index (χ0v) is 27.5. The number of rotatable bonds is 5. The Bertz CT molecular complexity index is 2890. The summed E-state index contributed by atoms with van der Waals surface area (Å²) >= 11 is 0. The third-order valence-electron chi connectivity index (χ3n) is 9.74. The maximum atomic E-state index is 6.41. The third kappa shape index (κ3) is 4.96. The van der Waals surface area contributed by atoms with Crippen LogP contribution < -0.4 is 0 Å². The van der Waals surface area contributed by atoms with Gasteiger partial charge in [-0.1, -0.05) is 158 Å². The predicted molar refractivity (Wildman–Crippen MR) is 209 cm³/mol. The molecule has 238 valence electrons. The summed E-state index contributed by atoms with van der Waals surface area (Å²) in [6.45, 7) is 0. The minimum absolute atomic E-state index is 0.579. The van der Waals surface area contributed by atoms with Gasteiger partial charge in [-0.05, 0) is 61.6 Å². The highest BCUT2D eigenvalue weighted by Gasteiger charge is 2.21. The molecule has 0 atom stereocenters. The maximum absolute atomic E-state index is 6.41. The first-order valence-corrected chi connectivity index (χ1v) is 17.1. The molecule has 10 aromatic rings. The monoisotopic (exact) mass is 651 g/mol. The van der Waals surface area contributed by atoms with Gasteiger partial charge in [0.25, 0.3) is 0 Å². The maximum Gasteiger partial charge on any atom is 0.165 e. The minimum atomic E-state index is 0.579. The van der Waals surface area contributed by atoms with E-state index in [0.29, 0.717) is 17.5 Å². The number of furan rings is 1. The number of benzene rings is 8. The number of fused-ring (bicyclic) bond motifs is 5. The Kier molecular flexibility index (Phi) is 6.78. The van der Waals surface area contributed by atoms with Gasteiger partial charge in [-0.15, -0.1) is 0 Å². The summed E-state index contributed by atoms with van der Waals surface area (Å²) < 4.78 is 6.41. The SMILES string of the molecule is c1ccc(-c2ccccc2-c2nc(-c3ccccc3-c3cc4ccccc4o3)nc(-c3c4ccccc4cc4c3ccc3ccccc34)n2)cc1. The molecule has 0 unspecified atom stereocenters. The molecule has 4 heteroatoms. The standard InChI is InChI=1S/C47H29N3O/c1-2-14-30(15-3-1)34-19-9-11-23-39(34)45-48-46(40-24-12-10-22-37(40)43-29-33-18-6-13-25-42(33)51-43)50-47(49-45)44-36-21-8-5-17-32(36)28-41-35-20-7-4-16-31(35)26-27-38(41)44/h1-29H. The molecule has 0 aliphatic rings. The molecular weight excluding hydrogens is 623 g/mol. The van der Waals surface area contributed by atoms with Crippen molar-refractivity contribution in [2.24, 2.45) is 0 Å². The highest BCUT2D eigenvalue weighted by atomic mass is 16.3. The van der Waals surface area contributed by atoms with E-state index < -0.39 is 0 Å². The van der Waals surface area contributed by atoms with Gasteiger partial charge in [-0.2, -0.15) is 0 Å². The highest BCUT2D eigenvalue weighted by molar-refractivity contribution is 6.19. The van der Waals surface area contributed by atoms with Crippen LogP contribution in [-0.4, -0.2) is 15.0 Å². The van der Waals surface area contributed by atoms with Crippen LogP contribution in [0.5, 0.6) is 0 Å². The van der Waals surface area contributed by atoms with Crippen molar-refractivity contribution in [1.29, 1.82) is 0 Å². The van der Waals surface area contributed by atoms with Gasteiger partial charge in [-0.3, -0.25) is 0 Å². The van der Waals surface area contributed by atoms with Crippen LogP contribution in [0.2, 0.25) is 0 Å². The number of nitrogens with zero attached hydrogens (tertiary/aromatic N) is 3. The molecule has 51 heavy (non-hydrogen) atoms. The Hall–Kier alpha value is -6.91. The van der Waals surface area contributed by atoms with E-state index in [4.69, 9.17) is 19.4 Å². The Morgan fingerprint density at radius 1 is 0.333 bits per heavy atom. The van der Waals surface area contributed by atoms with E-state index in [1.54, 1.807) is 0 Å². The molecule has 0 bridgehead atoms. The fraction of sp³-hybridized carbons (Fsp3) is 0. The van der Waals surface area contributed by atoms with Crippen molar-refractivity contribution in [3.8, 4) is 56.6 Å². The predicted octanol–water partition coefficient (Wildman–Crippen LogP) is 12.4. The first-order valence-electron chi connectivity index (χ1n) is 17.1. The van der Waals surface area contributed by atoms with Crippen molar-refractivity contribution >= 4 is 43.3 Å². The molecule has 0 fully saturated rings. The van der Waals surface area contributed by atoms with Crippen LogP contribution in [0.25, 0.3) is 99.9 Å². The van der Waals surface area contributed by atoms with Crippen molar-refractivity contribution in [3.05, 3.63) is 176 Å². The summed E-state index contributed by atoms with van der Waals surface area (Å²) in [5.74, 6) is 2.57. The van der Waals surface area contributed by atoms with E-state index in [0.717, 1.165) is 71.7 Å². The summed E-state index contributed by atoms with van der Waals surface area (Å²) in [6.07, 6.45) is 0. The number of hydrogen-bond donors (Lipinski definition) is 0. The van der Waals surface area contributed by atoms with Crippen molar-refractivity contribution in [3.63, 3.8) is 0 Å². The first-order chi connectivity index (χ1) is 25.3. The number of para-hydroxylation sites is 1. The molecule has 2 aromatic heterocycles. The molecule has 4 nitrogen and oxygen atoms in total. The molecule has 10 rings (SSSR count). The molecular formula is C47H29N3O. The molecule has 0 amide bonds. The van der Waals surface area contributed by atoms with Gasteiger partial charge in [-0.25, -0.2) is 15.0 Å². The molecule has 0 saturated heterocycles. The zero-order chi connectivity index (χ0) is 33.7. The fourth-order valence-electron chi connectivity index (χ4n) is 7.34. The topological polar surface area (TPSA) is 51.8 Å². The van der Waals surface area contributed by atoms with Gasteiger partial charge in [0.05, 0.1) is 0 Å². The summed E-state index contributed by atoms with van der Waals surface area (Å²) in [6, 6.07) is 60.9. The van der Waals surface area contributed by atoms with E-state index in [2.05, 4.69) is 133 Å². The summed E-state index contributed by atoms with van der Waals surface area (Å²) in [5, 5.41) is 7.92. The normalized spacial score (nSPS) is 11.5. The lowest BCUT2D eigenvalue weighted by molar-refractivity contribution is 0.631. The van der Waals surface area contributed by atoms with Crippen molar-refractivity contribution < 1.29 is 4.42 Å². The van der Waals surface area contributed by atoms with Crippen LogP contribution in [0.3, 0.4) is 0 Å². The van der Waals surface area contributed by atoms with Gasteiger partial charge in [0.15, 0.2) is 17.5 Å². The first kappa shape index (κ1) is 29.0. The van der Waals surface area contributed by atoms with Gasteiger partial charge in [0, 0.05) is 27.6 Å². The molecule has 0 aliphatic heterocycles. The van der Waals surface area contributed by atoms with E-state index in [1.807, 2.05) is 42.5 Å². The van der Waals surface area contributed by atoms with Gasteiger partial charge in [0.1, 0.15) is 11.3 Å². The Balaban J connectivity index is 1.30. The van der Waals surface area contributed by atoms with Crippen LogP contribution >= 0.6 is 0 Å². The molecule has 0 saturated carbocycles. The lowest BCUT2D eigenvalue weighted by Gasteiger charge is -2.16. The summed E-state index contributed by atoms with van der Waals surface area (Å²) in [4.78, 5) is 16.0. The number of aromatic nitrogens is 3. The summed E-state index contributed by atoms with van der Waals surface area (Å²) in [5.41, 5.74) is 6.70. The minimum Gasteiger partial charge on any atom is -0.456 e. The largest absolute Gasteiger partial charge is 0.456 e. The second-order valence-corrected chi connectivity index (χ2v) is 12.8. The third-order valence-corrected chi connectivity index (χ3v) is 9.74. The lowest BCUT2D eigenvalue weighted by atomic mass is 9.92. The average Bonchev–Trinajstić information content (AvgIpc) is 3.65. The van der Waals surface area contributed by atoms with Crippen molar-refractivity contribution in [2.45, 2.75) is 0 Å². The van der Waals surface area contributed by atoms with Crippen molar-refractivity contribution in [2.75, 3.05) is 0 Å². The van der Waals surface area contributed by atoms with E-state index in [-0.39, 0.29) is 0 Å². The van der Waals surface area contributed by atoms with Gasteiger partial charge < -0.3 is 4.42 Å². The fourth-order valence-corrected chi connectivity index (χ4v) is 7.34. The second-order valence-electron chi connectivity index (χ2n) is 12.8. The lowest BCUT2D eigenvalue weighted by Crippen LogP contribution is -2.02. The molecule has 0 spiro atoms. The average molecular weight is 652 g/mol. The quantitative estimate of drug-likeness (QED) is 0.137. The summed E-state index contributed by atoms with van der Waals surface area (Å²) in [7, 11) is 0. The Morgan fingerprint density at radius 3 is 1.67 bits per heavy atom. The molecule has 8 aromatic carbocycles. The smallest absolute Gasteiger partial charge is 0.165 e. The Morgan fingerprint density at radius 2 is 0.902 bits per heavy atom. The molecule has 2 heterocycles. The van der Waals surface area contributed by atoms with Crippen LogP contribution in [0.15, 0.2) is 180 Å². The van der Waals surface area contributed by atoms with Crippen LogP contribution in [-0.2, 0) is 0 Å². The van der Waals surface area contributed by atoms with Crippen molar-refractivity contribution in [1.82, 2.24) is 15.0 Å². The highest BCUT2D eigenvalue weighted by Crippen LogP contribution is 2.41. The molecule has 0 N–H and O–H groups in total. The zero-order valence-electron chi connectivity index (χ0n) is 27.5. The van der Waals surface area contributed by atoms with Gasteiger partial charge in [0.2, 0.25) is 0 Å². The van der Waals surface area contributed by atoms with E-state index >= 15 is 0 Å². The molecule has 0 aliphatic carbocycles. The molecule has 0 radical (unpaired) electrons. The van der Waals surface area contributed by atoms with Crippen LogP contribution in [0, 0.1) is 0 Å². The van der Waals surface area contributed by atoms with Gasteiger partial charge >= 0.3 is 0 Å². The van der Waals surface area contributed by atoms with E-state index in [1.165, 1.54) is 10.8 Å². The Labute approximate surface area is 294 Å². The van der Waals surface area contributed by atoms with Crippen LogP contribution in [0.1, 0.15) is 0 Å². The van der Waals surface area contributed by atoms with Crippen LogP contribution in [0.4, 0.5) is 0 Å². The number of hydrogen-bond acceptors (Lipinski definition) is 4.